The molecule has 1 aromatic rings. The summed E-state index contributed by atoms with van der Waals surface area (Å²) in [4.78, 5) is 13.9. The van der Waals surface area contributed by atoms with Gasteiger partial charge in [-0.3, -0.25) is 9.69 Å². The molecular weight excluding hydrogens is 270 g/mol. The molecular formula is C16H23NO4. The minimum Gasteiger partial charge on any atom is -0.497 e. The van der Waals surface area contributed by atoms with E-state index in [1.165, 1.54) is 0 Å². The second kappa shape index (κ2) is 6.80. The normalized spacial score (nSPS) is 20.8. The Morgan fingerprint density at radius 1 is 1.33 bits per heavy atom. The molecule has 1 aliphatic heterocycles. The summed E-state index contributed by atoms with van der Waals surface area (Å²) < 4.78 is 10.6. The van der Waals surface area contributed by atoms with Crippen molar-refractivity contribution in [2.45, 2.75) is 38.3 Å². The second-order valence-electron chi connectivity index (χ2n) is 5.43. The molecule has 0 bridgehead atoms. The number of likely N-dealkylation sites (tertiary alicyclic amines) is 1. The Hall–Kier alpha value is -1.75. The summed E-state index contributed by atoms with van der Waals surface area (Å²) in [5, 5.41) is 9.74. The Kier molecular flexibility index (Phi) is 5.07. The molecule has 1 aromatic carbocycles. The van der Waals surface area contributed by atoms with Gasteiger partial charge in [0, 0.05) is 11.6 Å². The molecule has 0 amide bonds. The number of carboxylic acids is 1. The first kappa shape index (κ1) is 15.6. The smallest absolute Gasteiger partial charge is 0.325 e. The lowest BCUT2D eigenvalue weighted by Crippen LogP contribution is -2.43. The highest BCUT2D eigenvalue weighted by Gasteiger charge is 2.34. The standard InChI is InChI=1S/C16H23NO4/c1-11-6-4-5-9-17(11)15(16(18)19)13-10-12(20-2)7-8-14(13)21-3/h7-8,10-11,15H,4-6,9H2,1-3H3,(H,18,19). The van der Waals surface area contributed by atoms with Crippen molar-refractivity contribution in [3.63, 3.8) is 0 Å². The summed E-state index contributed by atoms with van der Waals surface area (Å²) in [5.74, 6) is 0.373. The van der Waals surface area contributed by atoms with E-state index in [1.54, 1.807) is 32.4 Å². The summed E-state index contributed by atoms with van der Waals surface area (Å²) >= 11 is 0. The van der Waals surface area contributed by atoms with E-state index in [0.29, 0.717) is 17.1 Å². The van der Waals surface area contributed by atoms with E-state index in [-0.39, 0.29) is 6.04 Å². The topological polar surface area (TPSA) is 59.0 Å². The number of ether oxygens (including phenoxy) is 2. The van der Waals surface area contributed by atoms with Gasteiger partial charge >= 0.3 is 5.97 Å². The second-order valence-corrected chi connectivity index (χ2v) is 5.43. The maximum atomic E-state index is 11.9. The van der Waals surface area contributed by atoms with Gasteiger partial charge in [-0.25, -0.2) is 0 Å². The number of hydrogen-bond donors (Lipinski definition) is 1. The number of methoxy groups -OCH3 is 2. The number of benzene rings is 1. The van der Waals surface area contributed by atoms with Crippen LogP contribution in [0.3, 0.4) is 0 Å². The molecule has 1 saturated heterocycles. The number of carbonyl (C=O) groups is 1. The Balaban J connectivity index is 2.44. The van der Waals surface area contributed by atoms with Crippen LogP contribution < -0.4 is 9.47 Å². The van der Waals surface area contributed by atoms with Crippen LogP contribution >= 0.6 is 0 Å². The van der Waals surface area contributed by atoms with Crippen LogP contribution in [-0.4, -0.2) is 42.8 Å². The summed E-state index contributed by atoms with van der Waals surface area (Å²) in [6.07, 6.45) is 3.20. The molecule has 1 N–H and O–H groups in total. The number of nitrogens with zero attached hydrogens (tertiary/aromatic N) is 1. The van der Waals surface area contributed by atoms with Crippen LogP contribution in [0, 0.1) is 0 Å². The van der Waals surface area contributed by atoms with E-state index < -0.39 is 12.0 Å². The SMILES string of the molecule is COc1ccc(OC)c(C(C(=O)O)N2CCCCC2C)c1. The van der Waals surface area contributed by atoms with E-state index in [2.05, 4.69) is 6.92 Å². The molecule has 116 valence electrons. The molecule has 0 saturated carbocycles. The zero-order chi connectivity index (χ0) is 15.4. The number of carboxylic acid groups (broad SMARTS) is 1. The summed E-state index contributed by atoms with van der Waals surface area (Å²) in [5.41, 5.74) is 0.651. The van der Waals surface area contributed by atoms with Crippen molar-refractivity contribution in [2.75, 3.05) is 20.8 Å². The Labute approximate surface area is 125 Å². The zero-order valence-corrected chi connectivity index (χ0v) is 12.8. The molecule has 0 aromatic heterocycles. The molecule has 5 nitrogen and oxygen atoms in total. The van der Waals surface area contributed by atoms with Crippen LogP contribution in [0.2, 0.25) is 0 Å². The van der Waals surface area contributed by atoms with Crippen molar-refractivity contribution in [3.05, 3.63) is 23.8 Å². The Morgan fingerprint density at radius 3 is 2.67 bits per heavy atom. The van der Waals surface area contributed by atoms with Gasteiger partial charge in [-0.1, -0.05) is 6.42 Å². The van der Waals surface area contributed by atoms with Gasteiger partial charge in [0.05, 0.1) is 14.2 Å². The maximum Gasteiger partial charge on any atom is 0.325 e. The number of rotatable bonds is 5. The minimum atomic E-state index is -0.852. The van der Waals surface area contributed by atoms with Crippen molar-refractivity contribution in [1.82, 2.24) is 4.90 Å². The number of hydrogen-bond acceptors (Lipinski definition) is 4. The van der Waals surface area contributed by atoms with Gasteiger partial charge in [-0.05, 0) is 44.5 Å². The average Bonchev–Trinajstić information content (AvgIpc) is 2.49. The third-order valence-electron chi connectivity index (χ3n) is 4.15. The highest BCUT2D eigenvalue weighted by Crippen LogP contribution is 2.36. The van der Waals surface area contributed by atoms with Crippen molar-refractivity contribution in [1.29, 1.82) is 0 Å². The molecule has 2 unspecified atom stereocenters. The van der Waals surface area contributed by atoms with E-state index in [0.717, 1.165) is 25.8 Å². The van der Waals surface area contributed by atoms with Crippen molar-refractivity contribution in [3.8, 4) is 11.5 Å². The maximum absolute atomic E-state index is 11.9. The van der Waals surface area contributed by atoms with Crippen molar-refractivity contribution in [2.24, 2.45) is 0 Å². The fourth-order valence-corrected chi connectivity index (χ4v) is 3.01. The van der Waals surface area contributed by atoms with Crippen LogP contribution in [0.15, 0.2) is 18.2 Å². The molecule has 2 atom stereocenters. The number of aliphatic carboxylic acids is 1. The fraction of sp³-hybridized carbons (Fsp3) is 0.562. The van der Waals surface area contributed by atoms with Gasteiger partial charge in [-0.15, -0.1) is 0 Å². The highest BCUT2D eigenvalue weighted by atomic mass is 16.5. The fourth-order valence-electron chi connectivity index (χ4n) is 3.01. The predicted octanol–water partition coefficient (Wildman–Crippen LogP) is 2.70. The summed E-state index contributed by atoms with van der Waals surface area (Å²) in [6.45, 7) is 2.88. The van der Waals surface area contributed by atoms with Gasteiger partial charge < -0.3 is 14.6 Å². The highest BCUT2D eigenvalue weighted by molar-refractivity contribution is 5.77. The van der Waals surface area contributed by atoms with Gasteiger partial charge in [0.15, 0.2) is 0 Å². The molecule has 0 aliphatic carbocycles. The van der Waals surface area contributed by atoms with E-state index in [1.807, 2.05) is 4.90 Å². The third kappa shape index (κ3) is 3.29. The first-order valence-corrected chi connectivity index (χ1v) is 7.29. The van der Waals surface area contributed by atoms with E-state index in [4.69, 9.17) is 9.47 Å². The lowest BCUT2D eigenvalue weighted by atomic mass is 9.96. The lowest BCUT2D eigenvalue weighted by molar-refractivity contribution is -0.145. The minimum absolute atomic E-state index is 0.246. The summed E-state index contributed by atoms with van der Waals surface area (Å²) in [7, 11) is 3.13. The molecule has 5 heteroatoms. The van der Waals surface area contributed by atoms with E-state index in [9.17, 15) is 9.90 Å². The van der Waals surface area contributed by atoms with E-state index >= 15 is 0 Å². The largest absolute Gasteiger partial charge is 0.497 e. The third-order valence-corrected chi connectivity index (χ3v) is 4.15. The number of piperidine rings is 1. The van der Waals surface area contributed by atoms with Crippen LogP contribution in [0.1, 0.15) is 37.8 Å². The first-order valence-electron chi connectivity index (χ1n) is 7.29. The van der Waals surface area contributed by atoms with Crippen molar-refractivity contribution >= 4 is 5.97 Å². The Bertz CT molecular complexity index is 503. The Morgan fingerprint density at radius 2 is 2.10 bits per heavy atom. The molecule has 21 heavy (non-hydrogen) atoms. The van der Waals surface area contributed by atoms with Crippen LogP contribution in [0.4, 0.5) is 0 Å². The van der Waals surface area contributed by atoms with Crippen LogP contribution in [0.5, 0.6) is 11.5 Å². The summed E-state index contributed by atoms with van der Waals surface area (Å²) in [6, 6.07) is 4.85. The molecule has 1 fully saturated rings. The van der Waals surface area contributed by atoms with Crippen LogP contribution in [0.25, 0.3) is 0 Å². The predicted molar refractivity (Wildman–Crippen MR) is 79.9 cm³/mol. The first-order chi connectivity index (χ1) is 10.1. The van der Waals surface area contributed by atoms with Crippen molar-refractivity contribution < 1.29 is 19.4 Å². The average molecular weight is 293 g/mol. The molecule has 0 radical (unpaired) electrons. The molecule has 1 heterocycles. The monoisotopic (exact) mass is 293 g/mol. The van der Waals surface area contributed by atoms with Gasteiger partial charge in [-0.2, -0.15) is 0 Å². The molecule has 2 rings (SSSR count). The zero-order valence-electron chi connectivity index (χ0n) is 12.8. The van der Waals surface area contributed by atoms with Crippen LogP contribution in [-0.2, 0) is 4.79 Å². The molecule has 1 aliphatic rings. The quantitative estimate of drug-likeness (QED) is 0.904. The van der Waals surface area contributed by atoms with Gasteiger partial charge in [0.2, 0.25) is 0 Å². The van der Waals surface area contributed by atoms with Gasteiger partial charge in [0.1, 0.15) is 17.5 Å². The lowest BCUT2D eigenvalue weighted by Gasteiger charge is -2.38. The van der Waals surface area contributed by atoms with Gasteiger partial charge in [0.25, 0.3) is 0 Å². The molecule has 0 spiro atoms.